The summed E-state index contributed by atoms with van der Waals surface area (Å²) >= 11 is 0. The molecule has 1 heterocycles. The van der Waals surface area contributed by atoms with Crippen molar-refractivity contribution in [3.05, 3.63) is 35.4 Å². The van der Waals surface area contributed by atoms with E-state index in [2.05, 4.69) is 46.0 Å². The van der Waals surface area contributed by atoms with E-state index in [9.17, 15) is 4.79 Å². The Morgan fingerprint density at radius 2 is 1.70 bits per heavy atom. The number of nitrogens with zero attached hydrogens (tertiary/aromatic N) is 1. The fraction of sp³-hybridized carbons (Fsp3) is 0.588. The van der Waals surface area contributed by atoms with Crippen LogP contribution in [0.15, 0.2) is 24.3 Å². The molecule has 20 heavy (non-hydrogen) atoms. The van der Waals surface area contributed by atoms with Crippen LogP contribution in [-0.2, 0) is 5.41 Å². The molecule has 0 aliphatic carbocycles. The van der Waals surface area contributed by atoms with Gasteiger partial charge in [0.15, 0.2) is 0 Å². The minimum absolute atomic E-state index is 0.0163. The maximum absolute atomic E-state index is 12.9. The number of carbonyl (C=O) groups is 1. The molecule has 110 valence electrons. The number of nitrogens with one attached hydrogen (secondary N) is 1. The van der Waals surface area contributed by atoms with E-state index >= 15 is 0 Å². The van der Waals surface area contributed by atoms with Crippen LogP contribution in [0.4, 0.5) is 0 Å². The van der Waals surface area contributed by atoms with Gasteiger partial charge in [-0.25, -0.2) is 0 Å². The molecule has 3 nitrogen and oxygen atoms in total. The zero-order valence-corrected chi connectivity index (χ0v) is 13.2. The molecule has 1 fully saturated rings. The van der Waals surface area contributed by atoms with E-state index in [4.69, 9.17) is 0 Å². The summed E-state index contributed by atoms with van der Waals surface area (Å²) in [5.41, 5.74) is 1.96. The van der Waals surface area contributed by atoms with Crippen LogP contribution in [0.3, 0.4) is 0 Å². The summed E-state index contributed by atoms with van der Waals surface area (Å²) in [7, 11) is 0. The van der Waals surface area contributed by atoms with Crippen LogP contribution in [0, 0.1) is 0 Å². The Hall–Kier alpha value is -1.35. The van der Waals surface area contributed by atoms with Crippen molar-refractivity contribution in [1.82, 2.24) is 10.2 Å². The maximum Gasteiger partial charge on any atom is 0.254 e. The Bertz CT molecular complexity index is 480. The second-order valence-electron chi connectivity index (χ2n) is 6.97. The third-order valence-electron chi connectivity index (χ3n) is 3.81. The minimum Gasteiger partial charge on any atom is -0.336 e. The average molecular weight is 274 g/mol. The van der Waals surface area contributed by atoms with Gasteiger partial charge in [-0.15, -0.1) is 0 Å². The van der Waals surface area contributed by atoms with Crippen molar-refractivity contribution in [1.29, 1.82) is 0 Å². The fourth-order valence-corrected chi connectivity index (χ4v) is 2.99. The third kappa shape index (κ3) is 3.21. The Kier molecular flexibility index (Phi) is 4.19. The number of amides is 1. The lowest BCUT2D eigenvalue weighted by Gasteiger charge is -2.37. The molecule has 2 atom stereocenters. The van der Waals surface area contributed by atoms with E-state index in [1.807, 2.05) is 23.1 Å². The van der Waals surface area contributed by atoms with Gasteiger partial charge < -0.3 is 10.2 Å². The van der Waals surface area contributed by atoms with Crippen LogP contribution in [0.1, 0.15) is 50.5 Å². The molecule has 1 amide bonds. The van der Waals surface area contributed by atoms with Crippen molar-refractivity contribution in [3.8, 4) is 0 Å². The summed E-state index contributed by atoms with van der Waals surface area (Å²) in [6, 6.07) is 8.70. The van der Waals surface area contributed by atoms with Crippen LogP contribution in [0.25, 0.3) is 0 Å². The molecule has 0 radical (unpaired) electrons. The SMILES string of the molecule is CC1CN(C(=O)c2ccccc2C(C)(C)C)CC(C)N1. The Morgan fingerprint density at radius 1 is 1.15 bits per heavy atom. The first-order valence-electron chi connectivity index (χ1n) is 7.44. The van der Waals surface area contributed by atoms with Gasteiger partial charge in [0.05, 0.1) is 0 Å². The zero-order chi connectivity index (χ0) is 14.9. The predicted molar refractivity (Wildman–Crippen MR) is 83.1 cm³/mol. The summed E-state index contributed by atoms with van der Waals surface area (Å²) in [4.78, 5) is 14.8. The first kappa shape index (κ1) is 15.0. The van der Waals surface area contributed by atoms with Crippen LogP contribution < -0.4 is 5.32 Å². The molecule has 1 saturated heterocycles. The average Bonchev–Trinajstić information content (AvgIpc) is 2.35. The van der Waals surface area contributed by atoms with Gasteiger partial charge in [0.25, 0.3) is 5.91 Å². The smallest absolute Gasteiger partial charge is 0.254 e. The van der Waals surface area contributed by atoms with Gasteiger partial charge in [0, 0.05) is 30.7 Å². The molecule has 0 spiro atoms. The number of piperazine rings is 1. The lowest BCUT2D eigenvalue weighted by molar-refractivity contribution is 0.0671. The summed E-state index contributed by atoms with van der Waals surface area (Å²) < 4.78 is 0. The molecule has 1 aromatic rings. The summed E-state index contributed by atoms with van der Waals surface area (Å²) in [6.07, 6.45) is 0. The third-order valence-corrected chi connectivity index (χ3v) is 3.81. The molecule has 3 heteroatoms. The van der Waals surface area contributed by atoms with Gasteiger partial charge in [0.1, 0.15) is 0 Å². The Morgan fingerprint density at radius 3 is 2.25 bits per heavy atom. The maximum atomic E-state index is 12.9. The molecule has 1 aliphatic heterocycles. The van der Waals surface area contributed by atoms with Gasteiger partial charge in [-0.2, -0.15) is 0 Å². The number of rotatable bonds is 1. The highest BCUT2D eigenvalue weighted by molar-refractivity contribution is 5.96. The normalized spacial score (nSPS) is 23.8. The first-order valence-corrected chi connectivity index (χ1v) is 7.44. The Balaban J connectivity index is 2.30. The van der Waals surface area contributed by atoms with Crippen LogP contribution in [0.2, 0.25) is 0 Å². The second kappa shape index (κ2) is 5.57. The topological polar surface area (TPSA) is 32.3 Å². The van der Waals surface area contributed by atoms with Crippen molar-refractivity contribution in [2.24, 2.45) is 0 Å². The minimum atomic E-state index is -0.0163. The lowest BCUT2D eigenvalue weighted by Crippen LogP contribution is -2.56. The van der Waals surface area contributed by atoms with Gasteiger partial charge in [-0.1, -0.05) is 39.0 Å². The van der Waals surface area contributed by atoms with E-state index < -0.39 is 0 Å². The molecule has 1 N–H and O–H groups in total. The number of benzene rings is 1. The summed E-state index contributed by atoms with van der Waals surface area (Å²) in [5.74, 6) is 0.163. The molecular weight excluding hydrogens is 248 g/mol. The van der Waals surface area contributed by atoms with Gasteiger partial charge in [-0.05, 0) is 30.9 Å². The van der Waals surface area contributed by atoms with E-state index in [1.165, 1.54) is 0 Å². The summed E-state index contributed by atoms with van der Waals surface area (Å²) in [5, 5.41) is 3.47. The molecule has 2 rings (SSSR count). The zero-order valence-electron chi connectivity index (χ0n) is 13.2. The van der Waals surface area contributed by atoms with E-state index in [0.29, 0.717) is 12.1 Å². The highest BCUT2D eigenvalue weighted by atomic mass is 16.2. The van der Waals surface area contributed by atoms with Crippen molar-refractivity contribution in [2.45, 2.75) is 52.1 Å². The molecule has 0 saturated carbocycles. The molecule has 1 aromatic carbocycles. The highest BCUT2D eigenvalue weighted by Crippen LogP contribution is 2.27. The van der Waals surface area contributed by atoms with Gasteiger partial charge >= 0.3 is 0 Å². The van der Waals surface area contributed by atoms with Crippen LogP contribution >= 0.6 is 0 Å². The van der Waals surface area contributed by atoms with Gasteiger partial charge in [-0.3, -0.25) is 4.79 Å². The van der Waals surface area contributed by atoms with Crippen molar-refractivity contribution >= 4 is 5.91 Å². The van der Waals surface area contributed by atoms with Crippen molar-refractivity contribution in [2.75, 3.05) is 13.1 Å². The summed E-state index contributed by atoms with van der Waals surface area (Å²) in [6.45, 7) is 12.3. The molecular formula is C17H26N2O. The number of carbonyl (C=O) groups excluding carboxylic acids is 1. The molecule has 1 aliphatic rings. The van der Waals surface area contributed by atoms with Crippen LogP contribution in [0.5, 0.6) is 0 Å². The monoisotopic (exact) mass is 274 g/mol. The molecule has 0 bridgehead atoms. The van der Waals surface area contributed by atoms with Crippen molar-refractivity contribution in [3.63, 3.8) is 0 Å². The largest absolute Gasteiger partial charge is 0.336 e. The van der Waals surface area contributed by atoms with Crippen molar-refractivity contribution < 1.29 is 4.79 Å². The van der Waals surface area contributed by atoms with E-state index in [0.717, 1.165) is 24.2 Å². The first-order chi connectivity index (χ1) is 9.29. The highest BCUT2D eigenvalue weighted by Gasteiger charge is 2.28. The predicted octanol–water partition coefficient (Wildman–Crippen LogP) is 2.81. The molecule has 0 aromatic heterocycles. The van der Waals surface area contributed by atoms with Crippen LogP contribution in [-0.4, -0.2) is 36.0 Å². The second-order valence-corrected chi connectivity index (χ2v) is 6.97. The van der Waals surface area contributed by atoms with Gasteiger partial charge in [0.2, 0.25) is 0 Å². The quantitative estimate of drug-likeness (QED) is 0.854. The Labute approximate surface area is 122 Å². The number of hydrogen-bond acceptors (Lipinski definition) is 2. The number of hydrogen-bond donors (Lipinski definition) is 1. The standard InChI is InChI=1S/C17H26N2O/c1-12-10-19(11-13(2)18-12)16(20)14-8-6-7-9-15(14)17(3,4)5/h6-9,12-13,18H,10-11H2,1-5H3. The van der Waals surface area contributed by atoms with E-state index in [-0.39, 0.29) is 11.3 Å². The van der Waals surface area contributed by atoms with E-state index in [1.54, 1.807) is 0 Å². The molecule has 2 unspecified atom stereocenters. The lowest BCUT2D eigenvalue weighted by atomic mass is 9.83. The fourth-order valence-electron chi connectivity index (χ4n) is 2.99.